The number of piperazine rings is 1. The number of halogens is 1. The van der Waals surface area contributed by atoms with Crippen LogP contribution in [0.5, 0.6) is 0 Å². The first-order valence-corrected chi connectivity index (χ1v) is 10.5. The summed E-state index contributed by atoms with van der Waals surface area (Å²) in [4.78, 5) is 22.2. The lowest BCUT2D eigenvalue weighted by Gasteiger charge is -2.42. The molecule has 2 heterocycles. The summed E-state index contributed by atoms with van der Waals surface area (Å²) < 4.78 is 0. The number of hydrogen-bond acceptors (Lipinski definition) is 5. The predicted octanol–water partition coefficient (Wildman–Crippen LogP) is 3.18. The molecule has 7 heteroatoms. The molecule has 0 unspecified atom stereocenters. The summed E-state index contributed by atoms with van der Waals surface area (Å²) in [6.07, 6.45) is 6.03. The van der Waals surface area contributed by atoms with Crippen LogP contribution in [0.3, 0.4) is 0 Å². The molecule has 1 saturated carbocycles. The molecule has 1 aliphatic carbocycles. The Labute approximate surface area is 171 Å². The maximum Gasteiger partial charge on any atom is 0.246 e. The molecule has 1 spiro atoms. The smallest absolute Gasteiger partial charge is 0.246 e. The van der Waals surface area contributed by atoms with Crippen LogP contribution < -0.4 is 10.2 Å². The van der Waals surface area contributed by atoms with Crippen LogP contribution in [0.4, 0.5) is 5.69 Å². The summed E-state index contributed by atoms with van der Waals surface area (Å²) in [5, 5.41) is 13.3. The molecule has 1 atom stereocenters. The minimum Gasteiger partial charge on any atom is -0.368 e. The van der Waals surface area contributed by atoms with Crippen molar-refractivity contribution in [1.29, 1.82) is 5.26 Å². The van der Waals surface area contributed by atoms with E-state index in [1.807, 2.05) is 18.2 Å². The van der Waals surface area contributed by atoms with E-state index in [0.717, 1.165) is 75.4 Å². The van der Waals surface area contributed by atoms with Crippen molar-refractivity contribution >= 4 is 29.2 Å². The molecule has 1 saturated heterocycles. The summed E-state index contributed by atoms with van der Waals surface area (Å²) >= 11 is 6.12. The lowest BCUT2D eigenvalue weighted by atomic mass is 9.77. The highest BCUT2D eigenvalue weighted by molar-refractivity contribution is 6.30. The van der Waals surface area contributed by atoms with Crippen molar-refractivity contribution < 1.29 is 4.79 Å². The number of nitriles is 1. The van der Waals surface area contributed by atoms with Crippen LogP contribution in [-0.2, 0) is 4.79 Å². The van der Waals surface area contributed by atoms with Crippen molar-refractivity contribution in [3.8, 4) is 6.07 Å². The van der Waals surface area contributed by atoms with Crippen molar-refractivity contribution in [2.75, 3.05) is 31.1 Å². The second-order valence-corrected chi connectivity index (χ2v) is 8.39. The molecular weight excluding hydrogens is 374 g/mol. The fourth-order valence-electron chi connectivity index (χ4n) is 4.65. The number of aliphatic imine (C=N–C) groups is 1. The predicted molar refractivity (Wildman–Crippen MR) is 110 cm³/mol. The molecule has 1 aromatic carbocycles. The first-order valence-electron chi connectivity index (χ1n) is 10.2. The zero-order valence-electron chi connectivity index (χ0n) is 16.0. The third kappa shape index (κ3) is 3.68. The van der Waals surface area contributed by atoms with E-state index in [9.17, 15) is 10.1 Å². The molecule has 0 radical (unpaired) electrons. The second kappa shape index (κ2) is 8.00. The normalized spacial score (nSPS) is 24.9. The van der Waals surface area contributed by atoms with Gasteiger partial charge in [-0.3, -0.25) is 10.1 Å². The maximum atomic E-state index is 12.7. The molecule has 6 nitrogen and oxygen atoms in total. The molecule has 4 rings (SSSR count). The summed E-state index contributed by atoms with van der Waals surface area (Å²) in [6, 6.07) is 10.1. The van der Waals surface area contributed by atoms with Crippen molar-refractivity contribution in [3.05, 3.63) is 29.3 Å². The highest BCUT2D eigenvalue weighted by Crippen LogP contribution is 2.39. The number of carbonyl (C=O) groups is 1. The SMILES string of the molecule is N#C[C@H]1C(=O)NC(N2CCN(c3cccc(Cl)c3)CC2)=NC12CCCCCC2. The fraction of sp³-hybridized carbons (Fsp3) is 0.571. The Morgan fingerprint density at radius 2 is 1.79 bits per heavy atom. The molecule has 2 fully saturated rings. The number of anilines is 1. The molecule has 1 amide bonds. The Kier molecular flexibility index (Phi) is 5.45. The van der Waals surface area contributed by atoms with E-state index in [1.54, 1.807) is 0 Å². The molecule has 1 aromatic rings. The molecule has 3 aliphatic rings. The number of amides is 1. The number of nitrogens with zero attached hydrogens (tertiary/aromatic N) is 4. The van der Waals surface area contributed by atoms with Gasteiger partial charge in [0.05, 0.1) is 11.6 Å². The average Bonchev–Trinajstić information content (AvgIpc) is 2.94. The van der Waals surface area contributed by atoms with Gasteiger partial charge in [-0.2, -0.15) is 5.26 Å². The first kappa shape index (κ1) is 19.1. The molecule has 148 valence electrons. The number of benzene rings is 1. The fourth-order valence-corrected chi connectivity index (χ4v) is 4.83. The minimum atomic E-state index is -0.679. The Balaban J connectivity index is 1.52. The van der Waals surface area contributed by atoms with Gasteiger partial charge in [-0.1, -0.05) is 43.4 Å². The van der Waals surface area contributed by atoms with Gasteiger partial charge in [0.25, 0.3) is 0 Å². The van der Waals surface area contributed by atoms with Gasteiger partial charge in [0.1, 0.15) is 0 Å². The second-order valence-electron chi connectivity index (χ2n) is 7.96. The van der Waals surface area contributed by atoms with Gasteiger partial charge in [-0.15, -0.1) is 0 Å². The van der Waals surface area contributed by atoms with Crippen molar-refractivity contribution in [2.24, 2.45) is 10.9 Å². The Hall–Kier alpha value is -2.26. The van der Waals surface area contributed by atoms with Crippen LogP contribution >= 0.6 is 11.6 Å². The number of rotatable bonds is 1. The van der Waals surface area contributed by atoms with Gasteiger partial charge in [-0.25, -0.2) is 4.99 Å². The molecule has 0 bridgehead atoms. The molecule has 2 aliphatic heterocycles. The molecule has 28 heavy (non-hydrogen) atoms. The largest absolute Gasteiger partial charge is 0.368 e. The number of guanidine groups is 1. The Morgan fingerprint density at radius 3 is 2.43 bits per heavy atom. The van der Waals surface area contributed by atoms with Crippen LogP contribution in [0.15, 0.2) is 29.3 Å². The first-order chi connectivity index (χ1) is 13.6. The molecule has 0 aromatic heterocycles. The summed E-state index contributed by atoms with van der Waals surface area (Å²) in [5.41, 5.74) is 0.569. The van der Waals surface area contributed by atoms with E-state index >= 15 is 0 Å². The zero-order valence-corrected chi connectivity index (χ0v) is 16.8. The van der Waals surface area contributed by atoms with Gasteiger partial charge >= 0.3 is 0 Å². The topological polar surface area (TPSA) is 71.7 Å². The van der Waals surface area contributed by atoms with Crippen molar-refractivity contribution in [1.82, 2.24) is 10.2 Å². The third-order valence-electron chi connectivity index (χ3n) is 6.21. The van der Waals surface area contributed by atoms with Gasteiger partial charge in [0.15, 0.2) is 5.92 Å². The van der Waals surface area contributed by atoms with Crippen LogP contribution in [0, 0.1) is 17.2 Å². The van der Waals surface area contributed by atoms with E-state index in [0.29, 0.717) is 5.96 Å². The van der Waals surface area contributed by atoms with E-state index in [1.165, 1.54) is 0 Å². The number of nitrogens with one attached hydrogen (secondary N) is 1. The minimum absolute atomic E-state index is 0.188. The highest BCUT2D eigenvalue weighted by atomic mass is 35.5. The molecule has 1 N–H and O–H groups in total. The number of carbonyl (C=O) groups excluding carboxylic acids is 1. The van der Waals surface area contributed by atoms with Crippen LogP contribution in [0.2, 0.25) is 5.02 Å². The zero-order chi connectivity index (χ0) is 19.6. The Bertz CT molecular complexity index is 801. The summed E-state index contributed by atoms with van der Waals surface area (Å²) in [5.74, 6) is -0.210. The van der Waals surface area contributed by atoms with Gasteiger partial charge in [0, 0.05) is 36.9 Å². The van der Waals surface area contributed by atoms with Gasteiger partial charge in [-0.05, 0) is 31.0 Å². The van der Waals surface area contributed by atoms with Gasteiger partial charge < -0.3 is 9.80 Å². The average molecular weight is 400 g/mol. The van der Waals surface area contributed by atoms with E-state index in [4.69, 9.17) is 16.6 Å². The monoisotopic (exact) mass is 399 g/mol. The van der Waals surface area contributed by atoms with E-state index in [2.05, 4.69) is 27.3 Å². The third-order valence-corrected chi connectivity index (χ3v) is 6.45. The van der Waals surface area contributed by atoms with Crippen LogP contribution in [0.25, 0.3) is 0 Å². The highest BCUT2D eigenvalue weighted by Gasteiger charge is 2.47. The summed E-state index contributed by atoms with van der Waals surface area (Å²) in [7, 11) is 0. The van der Waals surface area contributed by atoms with Crippen molar-refractivity contribution in [3.63, 3.8) is 0 Å². The lowest BCUT2D eigenvalue weighted by molar-refractivity contribution is -0.124. The lowest BCUT2D eigenvalue weighted by Crippen LogP contribution is -2.60. The van der Waals surface area contributed by atoms with Crippen LogP contribution in [0.1, 0.15) is 38.5 Å². The van der Waals surface area contributed by atoms with Crippen molar-refractivity contribution in [2.45, 2.75) is 44.1 Å². The maximum absolute atomic E-state index is 12.7. The van der Waals surface area contributed by atoms with Crippen LogP contribution in [-0.4, -0.2) is 48.5 Å². The number of hydrogen-bond donors (Lipinski definition) is 1. The van der Waals surface area contributed by atoms with E-state index < -0.39 is 11.5 Å². The quantitative estimate of drug-likeness (QED) is 0.787. The van der Waals surface area contributed by atoms with Gasteiger partial charge in [0.2, 0.25) is 11.9 Å². The standard InChI is InChI=1S/C21H26ClN5O/c22-16-6-5-7-17(14-16)26-10-12-27(13-11-26)20-24-19(28)18(15-23)21(25-20)8-3-1-2-4-9-21/h5-7,14,18H,1-4,8-13H2,(H,24,25,28)/t18-/m0/s1. The Morgan fingerprint density at radius 1 is 1.11 bits per heavy atom. The molecular formula is C21H26ClN5O. The summed E-state index contributed by atoms with van der Waals surface area (Å²) in [6.45, 7) is 3.23. The van der Waals surface area contributed by atoms with E-state index in [-0.39, 0.29) is 5.91 Å².